The second kappa shape index (κ2) is 7.48. The Hall–Kier alpha value is -1.06. The van der Waals surface area contributed by atoms with Gasteiger partial charge in [0.1, 0.15) is 0 Å². The lowest BCUT2D eigenvalue weighted by Crippen LogP contribution is -2.55. The molecule has 1 atom stereocenters. The monoisotopic (exact) mass is 426 g/mol. The van der Waals surface area contributed by atoms with E-state index < -0.39 is 0 Å². The molecule has 31 heavy (non-hydrogen) atoms. The smallest absolute Gasteiger partial charge is 0.226 e. The average molecular weight is 427 g/mol. The molecule has 0 spiro atoms. The summed E-state index contributed by atoms with van der Waals surface area (Å²) in [7, 11) is 0. The van der Waals surface area contributed by atoms with Crippen molar-refractivity contribution in [3.8, 4) is 0 Å². The summed E-state index contributed by atoms with van der Waals surface area (Å²) in [5, 5.41) is 6.77. The minimum Gasteiger partial charge on any atom is -0.356 e. The number of rotatable bonds is 7. The molecule has 2 N–H and O–H groups in total. The van der Waals surface area contributed by atoms with Crippen molar-refractivity contribution >= 4 is 11.8 Å². The number of nitrogens with one attached hydrogen (secondary N) is 2. The lowest BCUT2D eigenvalue weighted by molar-refractivity contribution is -0.147. The van der Waals surface area contributed by atoms with Crippen LogP contribution in [-0.2, 0) is 9.59 Å². The first-order chi connectivity index (χ1) is 15.0. The highest BCUT2D eigenvalue weighted by atomic mass is 16.2. The second-order valence-electron chi connectivity index (χ2n) is 13.0. The largest absolute Gasteiger partial charge is 0.356 e. The Labute approximate surface area is 188 Å². The molecular weight excluding hydrogens is 384 g/mol. The molecule has 0 saturated heterocycles. The highest BCUT2D eigenvalue weighted by Gasteiger charge is 2.55. The molecule has 1 unspecified atom stereocenters. The molecule has 8 bridgehead atoms. The lowest BCUT2D eigenvalue weighted by Gasteiger charge is -2.56. The van der Waals surface area contributed by atoms with Crippen LogP contribution < -0.4 is 10.6 Å². The summed E-state index contributed by atoms with van der Waals surface area (Å²) >= 11 is 0. The fourth-order valence-corrected chi connectivity index (χ4v) is 10.0. The van der Waals surface area contributed by atoms with E-state index in [-0.39, 0.29) is 16.9 Å². The van der Waals surface area contributed by atoms with Gasteiger partial charge in [0, 0.05) is 23.4 Å². The van der Waals surface area contributed by atoms with Crippen molar-refractivity contribution in [2.75, 3.05) is 6.54 Å². The zero-order valence-electron chi connectivity index (χ0n) is 19.5. The van der Waals surface area contributed by atoms with Crippen molar-refractivity contribution in [3.63, 3.8) is 0 Å². The maximum absolute atomic E-state index is 13.4. The van der Waals surface area contributed by atoms with Crippen LogP contribution in [0.1, 0.15) is 96.8 Å². The topological polar surface area (TPSA) is 58.2 Å². The Morgan fingerprint density at radius 3 is 1.48 bits per heavy atom. The molecule has 4 heteroatoms. The number of hydrogen-bond donors (Lipinski definition) is 2. The first-order valence-corrected chi connectivity index (χ1v) is 13.5. The van der Waals surface area contributed by atoms with Gasteiger partial charge < -0.3 is 10.6 Å². The van der Waals surface area contributed by atoms with E-state index in [9.17, 15) is 9.59 Å². The van der Waals surface area contributed by atoms with Crippen LogP contribution in [0.2, 0.25) is 0 Å². The van der Waals surface area contributed by atoms with Crippen molar-refractivity contribution in [1.82, 2.24) is 10.6 Å². The quantitative estimate of drug-likeness (QED) is 0.613. The molecule has 8 aliphatic carbocycles. The molecule has 8 fully saturated rings. The molecule has 0 radical (unpaired) electrons. The fraction of sp³-hybridized carbons (Fsp3) is 0.926. The zero-order chi connectivity index (χ0) is 21.2. The third-order valence-corrected chi connectivity index (χ3v) is 10.6. The highest BCUT2D eigenvalue weighted by molar-refractivity contribution is 5.84. The van der Waals surface area contributed by atoms with Crippen molar-refractivity contribution in [2.45, 2.75) is 103 Å². The van der Waals surface area contributed by atoms with Gasteiger partial charge in [-0.3, -0.25) is 9.59 Å². The van der Waals surface area contributed by atoms with Gasteiger partial charge in [-0.2, -0.15) is 0 Å². The Kier molecular flexibility index (Phi) is 4.96. The Morgan fingerprint density at radius 1 is 0.710 bits per heavy atom. The Morgan fingerprint density at radius 2 is 1.10 bits per heavy atom. The van der Waals surface area contributed by atoms with E-state index in [4.69, 9.17) is 0 Å². The van der Waals surface area contributed by atoms with Gasteiger partial charge in [0.05, 0.1) is 0 Å². The van der Waals surface area contributed by atoms with Gasteiger partial charge in [-0.1, -0.05) is 6.92 Å². The van der Waals surface area contributed by atoms with E-state index in [1.165, 1.54) is 38.5 Å². The molecule has 0 aliphatic heterocycles. The SMILES string of the molecule is CCC(CCNC(=O)C12CC3CC(CC(C3)C1)C2)NC(=O)C12CC3CC(CC(C3)C1)C2. The molecule has 8 rings (SSSR count). The molecule has 0 aromatic rings. The van der Waals surface area contributed by atoms with Crippen LogP contribution in [0, 0.1) is 46.3 Å². The number of carbonyl (C=O) groups is 2. The van der Waals surface area contributed by atoms with Crippen molar-refractivity contribution in [1.29, 1.82) is 0 Å². The van der Waals surface area contributed by atoms with Crippen LogP contribution >= 0.6 is 0 Å². The van der Waals surface area contributed by atoms with Gasteiger partial charge in [-0.15, -0.1) is 0 Å². The van der Waals surface area contributed by atoms with E-state index >= 15 is 0 Å². The van der Waals surface area contributed by atoms with E-state index in [1.54, 1.807) is 0 Å². The molecule has 8 aliphatic rings. The minimum absolute atomic E-state index is 0.0566. The van der Waals surface area contributed by atoms with Crippen molar-refractivity contribution in [3.05, 3.63) is 0 Å². The van der Waals surface area contributed by atoms with Crippen molar-refractivity contribution < 1.29 is 9.59 Å². The van der Waals surface area contributed by atoms with Gasteiger partial charge in [0.25, 0.3) is 0 Å². The van der Waals surface area contributed by atoms with Crippen LogP contribution in [0.15, 0.2) is 0 Å². The van der Waals surface area contributed by atoms with Gasteiger partial charge in [-0.05, 0) is 125 Å². The number of amides is 2. The number of carbonyl (C=O) groups excluding carboxylic acids is 2. The van der Waals surface area contributed by atoms with E-state index in [1.807, 2.05) is 0 Å². The van der Waals surface area contributed by atoms with E-state index in [2.05, 4.69) is 17.6 Å². The third-order valence-electron chi connectivity index (χ3n) is 10.6. The predicted molar refractivity (Wildman–Crippen MR) is 121 cm³/mol. The minimum atomic E-state index is -0.0649. The fourth-order valence-electron chi connectivity index (χ4n) is 10.0. The molecule has 172 valence electrons. The van der Waals surface area contributed by atoms with Crippen LogP contribution in [0.3, 0.4) is 0 Å². The molecule has 4 nitrogen and oxygen atoms in total. The van der Waals surface area contributed by atoms with Gasteiger partial charge in [0.15, 0.2) is 0 Å². The summed E-state index contributed by atoms with van der Waals surface area (Å²) < 4.78 is 0. The predicted octanol–water partition coefficient (Wildman–Crippen LogP) is 4.82. The summed E-state index contributed by atoms with van der Waals surface area (Å²) in [6.45, 7) is 2.88. The van der Waals surface area contributed by atoms with Gasteiger partial charge in [-0.25, -0.2) is 0 Å². The Bertz CT molecular complexity index is 673. The highest BCUT2D eigenvalue weighted by Crippen LogP contribution is 2.61. The summed E-state index contributed by atoms with van der Waals surface area (Å²) in [4.78, 5) is 26.6. The molecule has 0 aromatic carbocycles. The van der Waals surface area contributed by atoms with Crippen LogP contribution in [-0.4, -0.2) is 24.4 Å². The molecule has 0 heterocycles. The summed E-state index contributed by atoms with van der Waals surface area (Å²) in [5.74, 6) is 5.49. The lowest BCUT2D eigenvalue weighted by atomic mass is 9.49. The summed E-state index contributed by atoms with van der Waals surface area (Å²) in [5.41, 5.74) is -0.122. The molecule has 2 amide bonds. The summed E-state index contributed by atoms with van der Waals surface area (Å²) in [6.07, 6.45) is 16.8. The van der Waals surface area contributed by atoms with E-state index in [0.29, 0.717) is 18.4 Å². The van der Waals surface area contributed by atoms with Crippen LogP contribution in [0.4, 0.5) is 0 Å². The number of hydrogen-bond acceptors (Lipinski definition) is 2. The van der Waals surface area contributed by atoms with Gasteiger partial charge in [0.2, 0.25) is 11.8 Å². The second-order valence-corrected chi connectivity index (χ2v) is 13.0. The maximum atomic E-state index is 13.4. The maximum Gasteiger partial charge on any atom is 0.226 e. The molecular formula is C27H42N2O2. The molecule has 8 saturated carbocycles. The average Bonchev–Trinajstić information content (AvgIpc) is 2.70. The Balaban J connectivity index is 1.02. The van der Waals surface area contributed by atoms with Gasteiger partial charge >= 0.3 is 0 Å². The molecule has 0 aromatic heterocycles. The normalized spacial score (nSPS) is 47.4. The van der Waals surface area contributed by atoms with Crippen LogP contribution in [0.5, 0.6) is 0 Å². The van der Waals surface area contributed by atoms with Crippen molar-refractivity contribution in [2.24, 2.45) is 46.3 Å². The first kappa shape index (κ1) is 20.5. The zero-order valence-corrected chi connectivity index (χ0v) is 19.5. The standard InChI is InChI=1S/C27H42N2O2/c1-2-23(29-25(31)27-14-20-8-21(15-27)10-22(9-20)16-27)3-4-28-24(30)26-11-17-5-18(12-26)7-19(6-17)13-26/h17-23H,2-16H2,1H3,(H,28,30)(H,29,31). The first-order valence-electron chi connectivity index (χ1n) is 13.5. The summed E-state index contributed by atoms with van der Waals surface area (Å²) in [6, 6.07) is 0.192. The van der Waals surface area contributed by atoms with Crippen LogP contribution in [0.25, 0.3) is 0 Å². The van der Waals surface area contributed by atoms with E-state index in [0.717, 1.165) is 86.9 Å². The third kappa shape index (κ3) is 3.55.